The van der Waals surface area contributed by atoms with E-state index in [1.54, 1.807) is 13.2 Å². The summed E-state index contributed by atoms with van der Waals surface area (Å²) in [4.78, 5) is 2.55. The van der Waals surface area contributed by atoms with Gasteiger partial charge in [0.1, 0.15) is 0 Å². The Bertz CT molecular complexity index is 727. The number of halogens is 2. The standard InChI is InChI=1S/C20H26NO2P.2ClH.Ti/c1-15-8-6-9-16(14-21-12-4-3-5-13-21)20(15)24-18-11-7-10-17(23-2)19(18)22;;;/h6-11,22,24H,3-5,12-14H2,1-2H3;2*1H;/q;;;+2/p-2. The summed E-state index contributed by atoms with van der Waals surface area (Å²) in [7, 11) is 11.8. The Labute approximate surface area is 180 Å². The molecule has 146 valence electrons. The molecule has 0 saturated carbocycles. The normalized spacial score (nSPS) is 14.7. The second-order valence-corrected chi connectivity index (χ2v) is 10.4. The van der Waals surface area contributed by atoms with Gasteiger partial charge in [-0.15, -0.1) is 0 Å². The Morgan fingerprint density at radius 2 is 1.78 bits per heavy atom. The van der Waals surface area contributed by atoms with Crippen molar-refractivity contribution in [3.8, 4) is 11.5 Å². The van der Waals surface area contributed by atoms with Crippen LogP contribution in [-0.2, 0) is 23.6 Å². The zero-order valence-corrected chi connectivity index (χ0v) is 19.8. The van der Waals surface area contributed by atoms with E-state index >= 15 is 0 Å². The maximum absolute atomic E-state index is 10.4. The van der Waals surface area contributed by atoms with E-state index in [0.29, 0.717) is 14.3 Å². The zero-order chi connectivity index (χ0) is 19.6. The fourth-order valence-corrected chi connectivity index (χ4v) is 4.61. The van der Waals surface area contributed by atoms with E-state index in [4.69, 9.17) is 23.3 Å². The molecule has 1 aliphatic rings. The summed E-state index contributed by atoms with van der Waals surface area (Å²) in [5.41, 5.74) is 2.68. The topological polar surface area (TPSA) is 32.7 Å². The average molecular weight is 462 g/mol. The minimum atomic E-state index is -0.556. The summed E-state index contributed by atoms with van der Waals surface area (Å²) in [5.74, 6) is 0.816. The minimum absolute atomic E-state index is 0.269. The van der Waals surface area contributed by atoms with Crippen molar-refractivity contribution in [3.05, 3.63) is 47.5 Å². The van der Waals surface area contributed by atoms with Gasteiger partial charge in [0.25, 0.3) is 0 Å². The molecule has 2 aromatic carbocycles. The van der Waals surface area contributed by atoms with Crippen LogP contribution < -0.4 is 15.3 Å². The van der Waals surface area contributed by atoms with Crippen LogP contribution in [0.3, 0.4) is 0 Å². The van der Waals surface area contributed by atoms with Crippen LogP contribution in [0.25, 0.3) is 0 Å². The van der Waals surface area contributed by atoms with E-state index in [-0.39, 0.29) is 5.75 Å². The number of likely N-dealkylation sites (tertiary alicyclic amines) is 1. The number of aryl methyl sites for hydroxylation is 1. The van der Waals surface area contributed by atoms with Crippen LogP contribution in [0.15, 0.2) is 36.4 Å². The number of phenolic OH excluding ortho intramolecular Hbond substituents is 1. The number of piperidine rings is 1. The Morgan fingerprint density at radius 3 is 2.44 bits per heavy atom. The van der Waals surface area contributed by atoms with Gasteiger partial charge in [0.15, 0.2) is 11.5 Å². The summed E-state index contributed by atoms with van der Waals surface area (Å²) < 4.78 is 5.25. The van der Waals surface area contributed by atoms with Crippen molar-refractivity contribution in [3.63, 3.8) is 0 Å². The van der Waals surface area contributed by atoms with E-state index in [1.807, 2.05) is 12.1 Å². The summed E-state index contributed by atoms with van der Waals surface area (Å²) >= 11 is -0.556. The molecular formula is C20H26Cl2NO2PTi. The third-order valence-corrected chi connectivity index (χ3v) is 6.32. The Kier molecular flexibility index (Phi) is 10.5. The molecule has 0 bridgehead atoms. The molecule has 1 atom stereocenters. The SMILES string of the molecule is COc1cccc(Pc2c(C)cccc2CN2CCCCC2)c1O.[Cl][Ti][Cl]. The molecule has 7 heteroatoms. The molecule has 0 aliphatic carbocycles. The molecule has 0 radical (unpaired) electrons. The number of nitrogens with zero attached hydrogens (tertiary/aromatic N) is 1. The van der Waals surface area contributed by atoms with Crippen LogP contribution in [-0.4, -0.2) is 30.2 Å². The van der Waals surface area contributed by atoms with Crippen LogP contribution >= 0.6 is 27.2 Å². The predicted molar refractivity (Wildman–Crippen MR) is 114 cm³/mol. The van der Waals surface area contributed by atoms with E-state index < -0.39 is 17.0 Å². The van der Waals surface area contributed by atoms with Crippen molar-refractivity contribution >= 4 is 37.8 Å². The predicted octanol–water partition coefficient (Wildman–Crippen LogP) is 4.70. The molecule has 3 rings (SSSR count). The van der Waals surface area contributed by atoms with E-state index in [0.717, 1.165) is 11.8 Å². The van der Waals surface area contributed by atoms with Crippen LogP contribution in [0.5, 0.6) is 11.5 Å². The molecule has 1 saturated heterocycles. The second kappa shape index (κ2) is 12.3. The van der Waals surface area contributed by atoms with Crippen molar-refractivity contribution in [1.82, 2.24) is 4.90 Å². The van der Waals surface area contributed by atoms with Crippen LogP contribution in [0.4, 0.5) is 0 Å². The second-order valence-electron chi connectivity index (χ2n) is 6.50. The fourth-order valence-electron chi connectivity index (χ4n) is 3.32. The number of aromatic hydroxyl groups is 1. The number of ether oxygens (including phenoxy) is 1. The number of methoxy groups -OCH3 is 1. The fraction of sp³-hybridized carbons (Fsp3) is 0.400. The number of hydrogen-bond donors (Lipinski definition) is 1. The Morgan fingerprint density at radius 1 is 1.11 bits per heavy atom. The van der Waals surface area contributed by atoms with Gasteiger partial charge in [-0.05, 0) is 55.4 Å². The number of phenols is 1. The van der Waals surface area contributed by atoms with Crippen molar-refractivity contribution < 1.29 is 26.9 Å². The third-order valence-electron chi connectivity index (χ3n) is 4.68. The van der Waals surface area contributed by atoms with E-state index in [9.17, 15) is 5.11 Å². The van der Waals surface area contributed by atoms with Gasteiger partial charge in [0.2, 0.25) is 0 Å². The van der Waals surface area contributed by atoms with E-state index in [2.05, 4.69) is 30.0 Å². The maximum atomic E-state index is 10.4. The molecule has 0 amide bonds. The summed E-state index contributed by atoms with van der Waals surface area (Å²) in [6, 6.07) is 12.3. The van der Waals surface area contributed by atoms with Gasteiger partial charge in [-0.3, -0.25) is 4.90 Å². The first-order chi connectivity index (χ1) is 13.1. The van der Waals surface area contributed by atoms with Gasteiger partial charge in [-0.25, -0.2) is 0 Å². The van der Waals surface area contributed by atoms with Crippen molar-refractivity contribution in [2.24, 2.45) is 0 Å². The molecular weight excluding hydrogens is 436 g/mol. The molecule has 27 heavy (non-hydrogen) atoms. The quantitative estimate of drug-likeness (QED) is 0.517. The summed E-state index contributed by atoms with van der Waals surface area (Å²) in [6.07, 6.45) is 3.97. The molecule has 3 nitrogen and oxygen atoms in total. The van der Waals surface area contributed by atoms with Crippen molar-refractivity contribution in [2.45, 2.75) is 32.7 Å². The summed E-state index contributed by atoms with van der Waals surface area (Å²) in [6.45, 7) is 5.57. The van der Waals surface area contributed by atoms with Gasteiger partial charge in [-0.1, -0.05) is 45.3 Å². The van der Waals surface area contributed by atoms with Crippen molar-refractivity contribution in [2.75, 3.05) is 20.2 Å². The molecule has 2 aromatic rings. The summed E-state index contributed by atoms with van der Waals surface area (Å²) in [5, 5.41) is 12.7. The van der Waals surface area contributed by atoms with Crippen LogP contribution in [0.2, 0.25) is 0 Å². The number of para-hydroxylation sites is 1. The van der Waals surface area contributed by atoms with E-state index in [1.165, 1.54) is 48.8 Å². The monoisotopic (exact) mass is 461 g/mol. The zero-order valence-electron chi connectivity index (χ0n) is 15.8. The molecule has 1 fully saturated rings. The molecule has 0 aromatic heterocycles. The number of hydrogen-bond acceptors (Lipinski definition) is 3. The van der Waals surface area contributed by atoms with Crippen molar-refractivity contribution in [1.29, 1.82) is 0 Å². The first kappa shape index (κ1) is 23.0. The first-order valence-electron chi connectivity index (χ1n) is 9.00. The molecule has 0 spiro atoms. The molecule has 1 unspecified atom stereocenters. The van der Waals surface area contributed by atoms with Crippen LogP contribution in [0.1, 0.15) is 30.4 Å². The Hall–Kier alpha value is -0.276. The third kappa shape index (κ3) is 6.93. The van der Waals surface area contributed by atoms with Gasteiger partial charge >= 0.3 is 35.6 Å². The van der Waals surface area contributed by atoms with Gasteiger partial charge in [0.05, 0.1) is 7.11 Å². The Balaban J connectivity index is 0.000000817. The molecule has 1 N–H and O–H groups in total. The molecule has 1 heterocycles. The molecule has 1 aliphatic heterocycles. The van der Waals surface area contributed by atoms with Gasteiger partial charge < -0.3 is 9.84 Å². The average Bonchev–Trinajstić information content (AvgIpc) is 2.67. The number of benzene rings is 2. The van der Waals surface area contributed by atoms with Gasteiger partial charge in [-0.2, -0.15) is 0 Å². The van der Waals surface area contributed by atoms with Gasteiger partial charge in [0, 0.05) is 11.8 Å². The first-order valence-corrected chi connectivity index (χ1v) is 14.3. The number of rotatable bonds is 5. The van der Waals surface area contributed by atoms with Crippen LogP contribution in [0, 0.1) is 6.92 Å².